The third-order valence-corrected chi connectivity index (χ3v) is 2.14. The first-order valence-electron chi connectivity index (χ1n) is 3.98. The Bertz CT molecular complexity index is 363. The molecule has 0 atom stereocenters. The number of hydrogen-bond donors (Lipinski definition) is 1. The molecule has 0 radical (unpaired) electrons. The minimum absolute atomic E-state index is 0.0737. The van der Waals surface area contributed by atoms with Crippen LogP contribution < -0.4 is 10.8 Å². The number of amides is 1. The average molecular weight is 178 g/mol. The highest BCUT2D eigenvalue weighted by Gasteiger charge is 2.28. The molecule has 1 heterocycles. The molecule has 1 amide bonds. The highest BCUT2D eigenvalue weighted by molar-refractivity contribution is 6.01. The van der Waals surface area contributed by atoms with E-state index in [4.69, 9.17) is 10.6 Å². The van der Waals surface area contributed by atoms with Gasteiger partial charge in [0.05, 0.1) is 19.2 Å². The zero-order chi connectivity index (χ0) is 9.42. The van der Waals surface area contributed by atoms with Crippen molar-refractivity contribution in [3.63, 3.8) is 0 Å². The van der Waals surface area contributed by atoms with Gasteiger partial charge in [-0.1, -0.05) is 6.07 Å². The van der Waals surface area contributed by atoms with Crippen molar-refractivity contribution in [2.75, 3.05) is 17.9 Å². The fourth-order valence-corrected chi connectivity index (χ4v) is 1.53. The predicted octanol–water partition coefficient (Wildman–Crippen LogP) is 0.719. The maximum atomic E-state index is 11.4. The molecule has 13 heavy (non-hydrogen) atoms. The molecule has 0 fully saturated rings. The van der Waals surface area contributed by atoms with E-state index in [-0.39, 0.29) is 5.91 Å². The molecule has 0 spiro atoms. The van der Waals surface area contributed by atoms with Gasteiger partial charge in [0.15, 0.2) is 0 Å². The van der Waals surface area contributed by atoms with Gasteiger partial charge in [0.2, 0.25) is 0 Å². The quantitative estimate of drug-likeness (QED) is 0.644. The maximum Gasteiger partial charge on any atom is 0.255 e. The molecule has 68 valence electrons. The van der Waals surface area contributed by atoms with Crippen LogP contribution >= 0.6 is 0 Å². The Morgan fingerprint density at radius 2 is 2.31 bits per heavy atom. The van der Waals surface area contributed by atoms with Crippen LogP contribution in [0.1, 0.15) is 5.56 Å². The topological polar surface area (TPSA) is 55.6 Å². The van der Waals surface area contributed by atoms with Crippen LogP contribution in [0.15, 0.2) is 18.2 Å². The molecule has 2 N–H and O–H groups in total. The molecule has 0 saturated heterocycles. The zero-order valence-electron chi connectivity index (χ0n) is 7.28. The normalized spacial score (nSPS) is 14.8. The standard InChI is InChI=1S/C9H10N2O2/c1-13-11-8-4-2-3-7(10)6(8)5-9(11)12/h2-4H,5,10H2,1H3. The molecule has 0 bridgehead atoms. The predicted molar refractivity (Wildman–Crippen MR) is 49.1 cm³/mol. The van der Waals surface area contributed by atoms with Crippen LogP contribution in [0.3, 0.4) is 0 Å². The summed E-state index contributed by atoms with van der Waals surface area (Å²) < 4.78 is 0. The summed E-state index contributed by atoms with van der Waals surface area (Å²) in [6.45, 7) is 0. The van der Waals surface area contributed by atoms with Gasteiger partial charge in [-0.25, -0.2) is 0 Å². The Kier molecular flexibility index (Phi) is 1.70. The molecule has 0 aliphatic carbocycles. The van der Waals surface area contributed by atoms with E-state index in [1.165, 1.54) is 12.2 Å². The molecule has 4 nitrogen and oxygen atoms in total. The first kappa shape index (κ1) is 8.07. The molecular formula is C9H10N2O2. The fourth-order valence-electron chi connectivity index (χ4n) is 1.53. The van der Waals surface area contributed by atoms with Crippen LogP contribution in [0.2, 0.25) is 0 Å². The molecule has 1 aliphatic heterocycles. The van der Waals surface area contributed by atoms with Gasteiger partial charge in [-0.05, 0) is 12.1 Å². The van der Waals surface area contributed by atoms with E-state index in [9.17, 15) is 4.79 Å². The van der Waals surface area contributed by atoms with Gasteiger partial charge < -0.3 is 5.73 Å². The Labute approximate surface area is 75.8 Å². The van der Waals surface area contributed by atoms with Gasteiger partial charge in [0.25, 0.3) is 5.91 Å². The summed E-state index contributed by atoms with van der Waals surface area (Å²) in [4.78, 5) is 16.3. The number of nitrogen functional groups attached to an aromatic ring is 1. The number of rotatable bonds is 1. The van der Waals surface area contributed by atoms with Crippen LogP contribution in [0.25, 0.3) is 0 Å². The summed E-state index contributed by atoms with van der Waals surface area (Å²) in [5.41, 5.74) is 7.97. The summed E-state index contributed by atoms with van der Waals surface area (Å²) >= 11 is 0. The SMILES string of the molecule is CON1C(=O)Cc2c(N)cccc21. The van der Waals surface area contributed by atoms with Gasteiger partial charge in [-0.2, -0.15) is 5.06 Å². The third-order valence-electron chi connectivity index (χ3n) is 2.14. The van der Waals surface area contributed by atoms with Crippen LogP contribution in [-0.4, -0.2) is 13.0 Å². The summed E-state index contributed by atoms with van der Waals surface area (Å²) in [6, 6.07) is 5.41. The van der Waals surface area contributed by atoms with Crippen molar-refractivity contribution in [3.05, 3.63) is 23.8 Å². The Morgan fingerprint density at radius 3 is 3.00 bits per heavy atom. The molecule has 0 unspecified atom stereocenters. The van der Waals surface area contributed by atoms with E-state index in [2.05, 4.69) is 0 Å². The largest absolute Gasteiger partial charge is 0.398 e. The first-order chi connectivity index (χ1) is 6.24. The number of hydroxylamine groups is 1. The van der Waals surface area contributed by atoms with Crippen molar-refractivity contribution in [2.24, 2.45) is 0 Å². The lowest BCUT2D eigenvalue weighted by atomic mass is 10.1. The number of anilines is 2. The third kappa shape index (κ3) is 1.07. The summed E-state index contributed by atoms with van der Waals surface area (Å²) in [6.07, 6.45) is 0.329. The lowest BCUT2D eigenvalue weighted by molar-refractivity contribution is -0.123. The Balaban J connectivity index is 2.54. The number of carbonyl (C=O) groups is 1. The summed E-state index contributed by atoms with van der Waals surface area (Å²) in [7, 11) is 1.47. The van der Waals surface area contributed by atoms with Gasteiger partial charge >= 0.3 is 0 Å². The maximum absolute atomic E-state index is 11.4. The Morgan fingerprint density at radius 1 is 1.54 bits per heavy atom. The number of nitrogens with zero attached hydrogens (tertiary/aromatic N) is 1. The number of nitrogens with two attached hydrogens (primary N) is 1. The summed E-state index contributed by atoms with van der Waals surface area (Å²) in [5.74, 6) is -0.0737. The second-order valence-electron chi connectivity index (χ2n) is 2.89. The van der Waals surface area contributed by atoms with Crippen LogP contribution in [0.4, 0.5) is 11.4 Å². The number of fused-ring (bicyclic) bond motifs is 1. The van der Waals surface area contributed by atoms with Crippen molar-refractivity contribution < 1.29 is 9.63 Å². The summed E-state index contributed by atoms with van der Waals surface area (Å²) in [5, 5.41) is 1.27. The zero-order valence-corrected chi connectivity index (χ0v) is 7.28. The van der Waals surface area contributed by atoms with Crippen LogP contribution in [0, 0.1) is 0 Å². The van der Waals surface area contributed by atoms with E-state index in [1.807, 2.05) is 6.07 Å². The van der Waals surface area contributed by atoms with Gasteiger partial charge in [0, 0.05) is 11.3 Å². The van der Waals surface area contributed by atoms with E-state index in [0.717, 1.165) is 11.3 Å². The van der Waals surface area contributed by atoms with Crippen molar-refractivity contribution in [1.29, 1.82) is 0 Å². The molecular weight excluding hydrogens is 168 g/mol. The van der Waals surface area contributed by atoms with Crippen LogP contribution in [-0.2, 0) is 16.1 Å². The Hall–Kier alpha value is -1.55. The van der Waals surface area contributed by atoms with Crippen molar-refractivity contribution in [2.45, 2.75) is 6.42 Å². The monoisotopic (exact) mass is 178 g/mol. The average Bonchev–Trinajstić information content (AvgIpc) is 2.43. The molecule has 0 saturated carbocycles. The van der Waals surface area contributed by atoms with Crippen molar-refractivity contribution >= 4 is 17.3 Å². The molecule has 1 aromatic rings. The molecule has 1 aromatic carbocycles. The van der Waals surface area contributed by atoms with Gasteiger partial charge in [0.1, 0.15) is 0 Å². The minimum Gasteiger partial charge on any atom is -0.398 e. The van der Waals surface area contributed by atoms with E-state index < -0.39 is 0 Å². The lowest BCUT2D eigenvalue weighted by Crippen LogP contribution is -2.24. The second-order valence-corrected chi connectivity index (χ2v) is 2.89. The smallest absolute Gasteiger partial charge is 0.255 e. The number of benzene rings is 1. The lowest BCUT2D eigenvalue weighted by Gasteiger charge is -2.13. The highest BCUT2D eigenvalue weighted by atomic mass is 16.7. The van der Waals surface area contributed by atoms with Gasteiger partial charge in [-0.15, -0.1) is 0 Å². The van der Waals surface area contributed by atoms with E-state index in [1.54, 1.807) is 12.1 Å². The number of hydrogen-bond acceptors (Lipinski definition) is 3. The van der Waals surface area contributed by atoms with Crippen molar-refractivity contribution in [3.8, 4) is 0 Å². The van der Waals surface area contributed by atoms with E-state index in [0.29, 0.717) is 12.1 Å². The van der Waals surface area contributed by atoms with Gasteiger partial charge in [-0.3, -0.25) is 9.63 Å². The molecule has 1 aliphatic rings. The van der Waals surface area contributed by atoms with Crippen molar-refractivity contribution in [1.82, 2.24) is 0 Å². The second kappa shape index (κ2) is 2.74. The highest BCUT2D eigenvalue weighted by Crippen LogP contribution is 2.32. The molecule has 0 aromatic heterocycles. The number of carbonyl (C=O) groups excluding carboxylic acids is 1. The first-order valence-corrected chi connectivity index (χ1v) is 3.98. The minimum atomic E-state index is -0.0737. The van der Waals surface area contributed by atoms with Crippen LogP contribution in [0.5, 0.6) is 0 Å². The fraction of sp³-hybridized carbons (Fsp3) is 0.222. The molecule has 4 heteroatoms. The molecule has 2 rings (SSSR count). The van der Waals surface area contributed by atoms with E-state index >= 15 is 0 Å².